The van der Waals surface area contributed by atoms with Crippen LogP contribution in [-0.4, -0.2) is 48.3 Å². The highest BCUT2D eigenvalue weighted by Crippen LogP contribution is 2.24. The predicted octanol–water partition coefficient (Wildman–Crippen LogP) is 2.19. The fourth-order valence-corrected chi connectivity index (χ4v) is 2.75. The maximum atomic E-state index is 9.68. The van der Waals surface area contributed by atoms with Crippen LogP contribution in [0.15, 0.2) is 18.2 Å². The maximum absolute atomic E-state index is 9.68. The Kier molecular flexibility index (Phi) is 4.48. The second kappa shape index (κ2) is 5.93. The number of aliphatic hydroxyl groups is 1. The lowest BCUT2D eigenvalue weighted by molar-refractivity contribution is 0.0672. The first-order valence-electron chi connectivity index (χ1n) is 7.24. The number of hydrogen-bond donors (Lipinski definition) is 1. The van der Waals surface area contributed by atoms with Gasteiger partial charge in [-0.05, 0) is 44.9 Å². The van der Waals surface area contributed by atoms with Crippen LogP contribution in [0.4, 0.5) is 5.69 Å². The number of benzene rings is 1. The quantitative estimate of drug-likeness (QED) is 0.904. The van der Waals surface area contributed by atoms with Gasteiger partial charge in [0.15, 0.2) is 0 Å². The molecule has 0 spiro atoms. The standard InChI is InChI=1S/C16H26N2O/c1-12-6-5-7-16(13(12)2)18-10-8-17(9-11-18)14(3)15(4)19/h5-7,14-15,19H,8-11H2,1-4H3. The summed E-state index contributed by atoms with van der Waals surface area (Å²) in [6.07, 6.45) is -0.257. The summed E-state index contributed by atoms with van der Waals surface area (Å²) < 4.78 is 0. The molecule has 3 heteroatoms. The molecule has 1 aromatic rings. The van der Waals surface area contributed by atoms with E-state index in [4.69, 9.17) is 0 Å². The molecule has 1 heterocycles. The van der Waals surface area contributed by atoms with Gasteiger partial charge in [0.25, 0.3) is 0 Å². The summed E-state index contributed by atoms with van der Waals surface area (Å²) in [6.45, 7) is 12.5. The lowest BCUT2D eigenvalue weighted by Crippen LogP contribution is -2.52. The van der Waals surface area contributed by atoms with E-state index in [2.05, 4.69) is 48.8 Å². The van der Waals surface area contributed by atoms with Gasteiger partial charge in [0.05, 0.1) is 6.10 Å². The molecule has 0 aliphatic carbocycles. The molecule has 0 amide bonds. The van der Waals surface area contributed by atoms with Gasteiger partial charge < -0.3 is 10.0 Å². The summed E-state index contributed by atoms with van der Waals surface area (Å²) >= 11 is 0. The van der Waals surface area contributed by atoms with Crippen molar-refractivity contribution in [1.82, 2.24) is 4.90 Å². The third-order valence-electron chi connectivity index (χ3n) is 4.51. The van der Waals surface area contributed by atoms with E-state index < -0.39 is 0 Å². The van der Waals surface area contributed by atoms with Crippen LogP contribution in [0.5, 0.6) is 0 Å². The van der Waals surface area contributed by atoms with E-state index in [1.54, 1.807) is 0 Å². The van der Waals surface area contributed by atoms with Gasteiger partial charge in [0, 0.05) is 37.9 Å². The molecule has 0 saturated carbocycles. The van der Waals surface area contributed by atoms with Crippen LogP contribution >= 0.6 is 0 Å². The maximum Gasteiger partial charge on any atom is 0.0664 e. The number of rotatable bonds is 3. The topological polar surface area (TPSA) is 26.7 Å². The number of anilines is 1. The van der Waals surface area contributed by atoms with Crippen LogP contribution in [-0.2, 0) is 0 Å². The van der Waals surface area contributed by atoms with Crippen LogP contribution in [0, 0.1) is 13.8 Å². The fraction of sp³-hybridized carbons (Fsp3) is 0.625. The van der Waals surface area contributed by atoms with Crippen LogP contribution in [0.25, 0.3) is 0 Å². The summed E-state index contributed by atoms with van der Waals surface area (Å²) in [7, 11) is 0. The summed E-state index contributed by atoms with van der Waals surface area (Å²) in [5.41, 5.74) is 4.11. The third-order valence-corrected chi connectivity index (χ3v) is 4.51. The first-order chi connectivity index (χ1) is 9.00. The largest absolute Gasteiger partial charge is 0.392 e. The van der Waals surface area contributed by atoms with Crippen molar-refractivity contribution in [3.8, 4) is 0 Å². The molecular formula is C16H26N2O. The van der Waals surface area contributed by atoms with E-state index in [0.717, 1.165) is 26.2 Å². The van der Waals surface area contributed by atoms with Crippen molar-refractivity contribution in [2.24, 2.45) is 0 Å². The van der Waals surface area contributed by atoms with Crippen molar-refractivity contribution in [3.63, 3.8) is 0 Å². The molecule has 2 unspecified atom stereocenters. The number of hydrogen-bond acceptors (Lipinski definition) is 3. The third kappa shape index (κ3) is 3.10. The van der Waals surface area contributed by atoms with Crippen molar-refractivity contribution in [1.29, 1.82) is 0 Å². The molecule has 19 heavy (non-hydrogen) atoms. The Balaban J connectivity index is 2.02. The Morgan fingerprint density at radius 2 is 1.68 bits per heavy atom. The Morgan fingerprint density at radius 3 is 2.26 bits per heavy atom. The molecule has 1 N–H and O–H groups in total. The number of aliphatic hydroxyl groups excluding tert-OH is 1. The van der Waals surface area contributed by atoms with Gasteiger partial charge in [0.1, 0.15) is 0 Å². The van der Waals surface area contributed by atoms with Gasteiger partial charge >= 0.3 is 0 Å². The number of nitrogens with zero attached hydrogens (tertiary/aromatic N) is 2. The lowest BCUT2D eigenvalue weighted by Gasteiger charge is -2.40. The average molecular weight is 262 g/mol. The van der Waals surface area contributed by atoms with E-state index in [0.29, 0.717) is 0 Å². The molecule has 2 atom stereocenters. The highest BCUT2D eigenvalue weighted by atomic mass is 16.3. The number of piperazine rings is 1. The summed E-state index contributed by atoms with van der Waals surface area (Å²) in [4.78, 5) is 4.85. The Bertz CT molecular complexity index is 423. The normalized spacial score (nSPS) is 20.4. The van der Waals surface area contributed by atoms with Gasteiger partial charge in [-0.15, -0.1) is 0 Å². The van der Waals surface area contributed by atoms with Crippen LogP contribution < -0.4 is 4.90 Å². The van der Waals surface area contributed by atoms with Gasteiger partial charge in [-0.25, -0.2) is 0 Å². The predicted molar refractivity (Wildman–Crippen MR) is 80.8 cm³/mol. The first kappa shape index (κ1) is 14.4. The first-order valence-corrected chi connectivity index (χ1v) is 7.24. The average Bonchev–Trinajstić information content (AvgIpc) is 2.41. The Hall–Kier alpha value is -1.06. The fourth-order valence-electron chi connectivity index (χ4n) is 2.75. The van der Waals surface area contributed by atoms with Crippen LogP contribution in [0.2, 0.25) is 0 Å². The highest BCUT2D eigenvalue weighted by molar-refractivity contribution is 5.56. The second-order valence-corrected chi connectivity index (χ2v) is 5.72. The molecule has 0 bridgehead atoms. The van der Waals surface area contributed by atoms with Gasteiger partial charge in [-0.2, -0.15) is 0 Å². The van der Waals surface area contributed by atoms with E-state index >= 15 is 0 Å². The van der Waals surface area contributed by atoms with Crippen molar-refractivity contribution >= 4 is 5.69 Å². The zero-order chi connectivity index (χ0) is 14.0. The molecular weight excluding hydrogens is 236 g/mol. The van der Waals surface area contributed by atoms with Crippen LogP contribution in [0.3, 0.4) is 0 Å². The highest BCUT2D eigenvalue weighted by Gasteiger charge is 2.24. The molecule has 2 rings (SSSR count). The minimum absolute atomic E-state index is 0.251. The smallest absolute Gasteiger partial charge is 0.0664 e. The molecule has 106 valence electrons. The Morgan fingerprint density at radius 1 is 1.05 bits per heavy atom. The molecule has 0 aromatic heterocycles. The Labute approximate surface area is 116 Å². The van der Waals surface area contributed by atoms with Gasteiger partial charge in [-0.1, -0.05) is 12.1 Å². The van der Waals surface area contributed by atoms with Crippen LogP contribution in [0.1, 0.15) is 25.0 Å². The van der Waals surface area contributed by atoms with E-state index in [1.165, 1.54) is 16.8 Å². The SMILES string of the molecule is Cc1cccc(N2CCN(C(C)C(C)O)CC2)c1C. The molecule has 0 radical (unpaired) electrons. The molecule has 1 aliphatic rings. The molecule has 1 fully saturated rings. The summed E-state index contributed by atoms with van der Waals surface area (Å²) in [6, 6.07) is 6.78. The molecule has 1 aliphatic heterocycles. The molecule has 3 nitrogen and oxygen atoms in total. The van der Waals surface area contributed by atoms with E-state index in [1.807, 2.05) is 6.92 Å². The van der Waals surface area contributed by atoms with Gasteiger partial charge in [0.2, 0.25) is 0 Å². The summed E-state index contributed by atoms with van der Waals surface area (Å²) in [5.74, 6) is 0. The van der Waals surface area contributed by atoms with Gasteiger partial charge in [-0.3, -0.25) is 4.90 Å². The molecule has 1 saturated heterocycles. The monoisotopic (exact) mass is 262 g/mol. The van der Waals surface area contributed by atoms with E-state index in [9.17, 15) is 5.11 Å². The second-order valence-electron chi connectivity index (χ2n) is 5.72. The molecule has 1 aromatic carbocycles. The zero-order valence-electron chi connectivity index (χ0n) is 12.6. The summed E-state index contributed by atoms with van der Waals surface area (Å²) in [5, 5.41) is 9.68. The minimum atomic E-state index is -0.257. The van der Waals surface area contributed by atoms with Crippen molar-refractivity contribution in [3.05, 3.63) is 29.3 Å². The van der Waals surface area contributed by atoms with Crippen molar-refractivity contribution in [2.75, 3.05) is 31.1 Å². The van der Waals surface area contributed by atoms with E-state index in [-0.39, 0.29) is 12.1 Å². The zero-order valence-corrected chi connectivity index (χ0v) is 12.6. The van der Waals surface area contributed by atoms with Crippen molar-refractivity contribution in [2.45, 2.75) is 39.8 Å². The lowest BCUT2D eigenvalue weighted by atomic mass is 10.1. The minimum Gasteiger partial charge on any atom is -0.392 e. The van der Waals surface area contributed by atoms with Crippen molar-refractivity contribution < 1.29 is 5.11 Å². The number of aryl methyl sites for hydroxylation is 1.